The van der Waals surface area contributed by atoms with Gasteiger partial charge in [-0.3, -0.25) is 0 Å². The molecule has 1 saturated heterocycles. The van der Waals surface area contributed by atoms with Crippen molar-refractivity contribution in [2.75, 3.05) is 24.6 Å². The van der Waals surface area contributed by atoms with Crippen LogP contribution in [0.3, 0.4) is 0 Å². The largest absolute Gasteiger partial charge is 0.396 e. The van der Waals surface area contributed by atoms with E-state index in [4.69, 9.17) is 5.11 Å². The normalized spacial score (nSPS) is 17.1. The molecule has 1 fully saturated rings. The fraction of sp³-hybridized carbons (Fsp3) is 0.600. The van der Waals surface area contributed by atoms with Gasteiger partial charge in [0.25, 0.3) is 0 Å². The number of rotatable bonds is 6. The van der Waals surface area contributed by atoms with Gasteiger partial charge < -0.3 is 15.3 Å². The molecule has 1 unspecified atom stereocenters. The smallest absolute Gasteiger partial charge is 0.0445 e. The first kappa shape index (κ1) is 13.4. The van der Waals surface area contributed by atoms with Gasteiger partial charge in [-0.25, -0.2) is 0 Å². The van der Waals surface area contributed by atoms with Crippen molar-refractivity contribution in [1.29, 1.82) is 0 Å². The zero-order chi connectivity index (χ0) is 12.8. The van der Waals surface area contributed by atoms with Gasteiger partial charge in [-0.2, -0.15) is 0 Å². The SMILES string of the molecule is CC(CCO)NCc1ccc(N2CCCC2)cc1. The van der Waals surface area contributed by atoms with E-state index in [-0.39, 0.29) is 6.61 Å². The van der Waals surface area contributed by atoms with Crippen molar-refractivity contribution in [1.82, 2.24) is 5.32 Å². The van der Waals surface area contributed by atoms with Gasteiger partial charge in [0.05, 0.1) is 0 Å². The van der Waals surface area contributed by atoms with Gasteiger partial charge in [0, 0.05) is 38.0 Å². The van der Waals surface area contributed by atoms with E-state index in [2.05, 4.69) is 41.4 Å². The monoisotopic (exact) mass is 248 g/mol. The number of aliphatic hydroxyl groups is 1. The number of anilines is 1. The highest BCUT2D eigenvalue weighted by Crippen LogP contribution is 2.20. The zero-order valence-corrected chi connectivity index (χ0v) is 11.2. The van der Waals surface area contributed by atoms with Gasteiger partial charge >= 0.3 is 0 Å². The van der Waals surface area contributed by atoms with Gasteiger partial charge in [0.15, 0.2) is 0 Å². The van der Waals surface area contributed by atoms with Crippen LogP contribution in [0.5, 0.6) is 0 Å². The molecule has 3 nitrogen and oxygen atoms in total. The summed E-state index contributed by atoms with van der Waals surface area (Å²) in [5, 5.41) is 12.3. The van der Waals surface area contributed by atoms with E-state index < -0.39 is 0 Å². The van der Waals surface area contributed by atoms with Crippen LogP contribution in [-0.2, 0) is 6.54 Å². The summed E-state index contributed by atoms with van der Waals surface area (Å²) in [5.41, 5.74) is 2.65. The molecule has 0 aromatic heterocycles. The number of benzene rings is 1. The second-order valence-electron chi connectivity index (χ2n) is 5.15. The van der Waals surface area contributed by atoms with Gasteiger partial charge in [0.2, 0.25) is 0 Å². The van der Waals surface area contributed by atoms with E-state index >= 15 is 0 Å². The topological polar surface area (TPSA) is 35.5 Å². The summed E-state index contributed by atoms with van der Waals surface area (Å²) in [4.78, 5) is 2.45. The molecule has 0 amide bonds. The molecule has 0 bridgehead atoms. The first-order valence-corrected chi connectivity index (χ1v) is 6.98. The molecule has 100 valence electrons. The maximum Gasteiger partial charge on any atom is 0.0445 e. The Morgan fingerprint density at radius 3 is 2.50 bits per heavy atom. The first-order valence-electron chi connectivity index (χ1n) is 6.98. The van der Waals surface area contributed by atoms with Gasteiger partial charge in [-0.05, 0) is 43.9 Å². The molecule has 2 N–H and O–H groups in total. The predicted molar refractivity (Wildman–Crippen MR) is 75.9 cm³/mol. The number of hydrogen-bond acceptors (Lipinski definition) is 3. The Balaban J connectivity index is 1.83. The van der Waals surface area contributed by atoms with E-state index in [1.165, 1.54) is 37.2 Å². The van der Waals surface area contributed by atoms with Crippen LogP contribution in [0.1, 0.15) is 31.7 Å². The Hall–Kier alpha value is -1.06. The predicted octanol–water partition coefficient (Wildman–Crippen LogP) is 2.15. The Labute approximate surface area is 110 Å². The second kappa shape index (κ2) is 6.76. The Bertz CT molecular complexity index is 344. The fourth-order valence-corrected chi connectivity index (χ4v) is 2.39. The molecule has 3 heteroatoms. The summed E-state index contributed by atoms with van der Waals surface area (Å²) in [6.07, 6.45) is 3.45. The molecule has 1 aliphatic heterocycles. The van der Waals surface area contributed by atoms with E-state index in [9.17, 15) is 0 Å². The van der Waals surface area contributed by atoms with Crippen molar-refractivity contribution in [2.45, 2.75) is 38.8 Å². The molecule has 0 spiro atoms. The Morgan fingerprint density at radius 1 is 1.22 bits per heavy atom. The summed E-state index contributed by atoms with van der Waals surface area (Å²) < 4.78 is 0. The standard InChI is InChI=1S/C15H24N2O/c1-13(8-11-18)16-12-14-4-6-15(7-5-14)17-9-2-3-10-17/h4-7,13,16,18H,2-3,8-12H2,1H3. The molecule has 18 heavy (non-hydrogen) atoms. The fourth-order valence-electron chi connectivity index (χ4n) is 2.39. The lowest BCUT2D eigenvalue weighted by Crippen LogP contribution is -2.26. The van der Waals surface area contributed by atoms with Crippen molar-refractivity contribution in [2.24, 2.45) is 0 Å². The van der Waals surface area contributed by atoms with Crippen LogP contribution in [0.15, 0.2) is 24.3 Å². The summed E-state index contributed by atoms with van der Waals surface area (Å²) in [7, 11) is 0. The summed E-state index contributed by atoms with van der Waals surface area (Å²) in [6, 6.07) is 9.21. The number of hydrogen-bond donors (Lipinski definition) is 2. The Morgan fingerprint density at radius 2 is 1.89 bits per heavy atom. The maximum absolute atomic E-state index is 8.85. The number of aliphatic hydroxyl groups excluding tert-OH is 1. The van der Waals surface area contributed by atoms with Crippen molar-refractivity contribution < 1.29 is 5.11 Å². The third kappa shape index (κ3) is 3.72. The van der Waals surface area contributed by atoms with Crippen molar-refractivity contribution in [3.05, 3.63) is 29.8 Å². The lowest BCUT2D eigenvalue weighted by atomic mass is 10.1. The quantitative estimate of drug-likeness (QED) is 0.809. The molecule has 1 aliphatic rings. The molecule has 1 atom stereocenters. The van der Waals surface area contributed by atoms with Crippen LogP contribution in [-0.4, -0.2) is 30.8 Å². The van der Waals surface area contributed by atoms with E-state index in [0.717, 1.165) is 13.0 Å². The molecular formula is C15H24N2O. The van der Waals surface area contributed by atoms with Gasteiger partial charge in [-0.1, -0.05) is 12.1 Å². The highest BCUT2D eigenvalue weighted by molar-refractivity contribution is 5.48. The molecule has 0 radical (unpaired) electrons. The first-order chi connectivity index (χ1) is 8.79. The molecule has 1 heterocycles. The molecule has 1 aromatic rings. The third-order valence-electron chi connectivity index (χ3n) is 3.62. The maximum atomic E-state index is 8.85. The van der Waals surface area contributed by atoms with Gasteiger partial charge in [0.1, 0.15) is 0 Å². The molecule has 0 aliphatic carbocycles. The van der Waals surface area contributed by atoms with E-state index in [0.29, 0.717) is 6.04 Å². The Kier molecular flexibility index (Phi) is 5.02. The van der Waals surface area contributed by atoms with Gasteiger partial charge in [-0.15, -0.1) is 0 Å². The van der Waals surface area contributed by atoms with E-state index in [1.807, 2.05) is 0 Å². The van der Waals surface area contributed by atoms with Crippen LogP contribution in [0.25, 0.3) is 0 Å². The average molecular weight is 248 g/mol. The third-order valence-corrected chi connectivity index (χ3v) is 3.62. The van der Waals surface area contributed by atoms with E-state index in [1.54, 1.807) is 0 Å². The van der Waals surface area contributed by atoms with Crippen molar-refractivity contribution >= 4 is 5.69 Å². The van der Waals surface area contributed by atoms with Crippen molar-refractivity contribution in [3.8, 4) is 0 Å². The minimum atomic E-state index is 0.252. The zero-order valence-electron chi connectivity index (χ0n) is 11.2. The van der Waals surface area contributed by atoms with Crippen molar-refractivity contribution in [3.63, 3.8) is 0 Å². The number of nitrogens with one attached hydrogen (secondary N) is 1. The average Bonchev–Trinajstić information content (AvgIpc) is 2.91. The minimum Gasteiger partial charge on any atom is -0.396 e. The highest BCUT2D eigenvalue weighted by atomic mass is 16.3. The molecule has 2 rings (SSSR count). The second-order valence-corrected chi connectivity index (χ2v) is 5.15. The molecule has 1 aromatic carbocycles. The molecule has 0 saturated carbocycles. The minimum absolute atomic E-state index is 0.252. The summed E-state index contributed by atoms with van der Waals surface area (Å²) in [5.74, 6) is 0. The molecular weight excluding hydrogens is 224 g/mol. The summed E-state index contributed by atoms with van der Waals surface area (Å²) in [6.45, 7) is 5.63. The van der Waals surface area contributed by atoms with Crippen LogP contribution >= 0.6 is 0 Å². The highest BCUT2D eigenvalue weighted by Gasteiger charge is 2.11. The number of nitrogens with zero attached hydrogens (tertiary/aromatic N) is 1. The lowest BCUT2D eigenvalue weighted by molar-refractivity contribution is 0.268. The summed E-state index contributed by atoms with van der Waals surface area (Å²) >= 11 is 0. The van der Waals surface area contributed by atoms with Crippen LogP contribution in [0.2, 0.25) is 0 Å². The van der Waals surface area contributed by atoms with Crippen LogP contribution in [0, 0.1) is 0 Å². The van der Waals surface area contributed by atoms with Crippen LogP contribution in [0.4, 0.5) is 5.69 Å². The van der Waals surface area contributed by atoms with Crippen LogP contribution < -0.4 is 10.2 Å². The lowest BCUT2D eigenvalue weighted by Gasteiger charge is -2.18.